The number of rotatable bonds is 7. The number of halogens is 1. The second-order valence-electron chi connectivity index (χ2n) is 8.45. The van der Waals surface area contributed by atoms with E-state index in [4.69, 9.17) is 16.3 Å². The number of ether oxygens (including phenoxy) is 1. The van der Waals surface area contributed by atoms with Crippen LogP contribution in [-0.2, 0) is 16.1 Å². The second kappa shape index (κ2) is 10.6. The van der Waals surface area contributed by atoms with Crippen LogP contribution in [0, 0.1) is 0 Å². The summed E-state index contributed by atoms with van der Waals surface area (Å²) in [7, 11) is 1.48. The summed E-state index contributed by atoms with van der Waals surface area (Å²) in [6.07, 6.45) is 4.15. The van der Waals surface area contributed by atoms with Crippen molar-refractivity contribution in [3.05, 3.63) is 47.0 Å². The van der Waals surface area contributed by atoms with Crippen molar-refractivity contribution in [2.45, 2.75) is 43.2 Å². The lowest BCUT2D eigenvalue weighted by molar-refractivity contribution is -0.122. The van der Waals surface area contributed by atoms with Gasteiger partial charge in [-0.25, -0.2) is 4.79 Å². The molecule has 2 N–H and O–H groups in total. The van der Waals surface area contributed by atoms with E-state index >= 15 is 0 Å². The van der Waals surface area contributed by atoms with Gasteiger partial charge in [-0.15, -0.1) is 12.6 Å². The fraction of sp³-hybridized carbons (Fsp3) is 0.375. The van der Waals surface area contributed by atoms with Crippen molar-refractivity contribution in [2.75, 3.05) is 30.4 Å². The molecule has 8 nitrogen and oxygen atoms in total. The highest BCUT2D eigenvalue weighted by Gasteiger charge is 2.33. The zero-order valence-corrected chi connectivity index (χ0v) is 20.5. The molecule has 180 valence electrons. The topological polar surface area (TPSA) is 91.0 Å². The van der Waals surface area contributed by atoms with E-state index < -0.39 is 11.9 Å². The molecule has 1 saturated carbocycles. The van der Waals surface area contributed by atoms with Crippen LogP contribution in [0.4, 0.5) is 16.2 Å². The van der Waals surface area contributed by atoms with Gasteiger partial charge in [0.05, 0.1) is 30.1 Å². The van der Waals surface area contributed by atoms with Crippen LogP contribution in [0.5, 0.6) is 5.75 Å². The minimum Gasteiger partial charge on any atom is -0.495 e. The number of para-hydroxylation sites is 1. The van der Waals surface area contributed by atoms with Crippen molar-refractivity contribution >= 4 is 53.4 Å². The zero-order chi connectivity index (χ0) is 24.2. The summed E-state index contributed by atoms with van der Waals surface area (Å²) in [6, 6.07) is 10.3. The molecule has 0 saturated heterocycles. The van der Waals surface area contributed by atoms with E-state index in [0.717, 1.165) is 31.2 Å². The molecule has 1 aliphatic heterocycles. The normalized spacial score (nSPS) is 15.8. The first-order valence-corrected chi connectivity index (χ1v) is 12.0. The summed E-state index contributed by atoms with van der Waals surface area (Å²) in [5, 5.41) is 6.14. The number of nitrogens with zero attached hydrogens (tertiary/aromatic N) is 2. The van der Waals surface area contributed by atoms with Crippen molar-refractivity contribution < 1.29 is 19.1 Å². The lowest BCUT2D eigenvalue weighted by atomic mass is 10.1. The number of thiol groups is 1. The summed E-state index contributed by atoms with van der Waals surface area (Å²) in [4.78, 5) is 42.2. The quantitative estimate of drug-likeness (QED) is 0.498. The van der Waals surface area contributed by atoms with Crippen LogP contribution in [0.3, 0.4) is 0 Å². The fourth-order valence-electron chi connectivity index (χ4n) is 4.39. The molecule has 0 spiro atoms. The van der Waals surface area contributed by atoms with Crippen LogP contribution >= 0.6 is 24.2 Å². The Balaban J connectivity index is 1.49. The van der Waals surface area contributed by atoms with Crippen LogP contribution < -0.4 is 20.3 Å². The van der Waals surface area contributed by atoms with Gasteiger partial charge in [-0.1, -0.05) is 42.6 Å². The van der Waals surface area contributed by atoms with Gasteiger partial charge in [0.2, 0.25) is 11.8 Å². The Hall–Kier alpha value is -2.91. The Labute approximate surface area is 209 Å². The van der Waals surface area contributed by atoms with Crippen LogP contribution in [0.1, 0.15) is 31.2 Å². The highest BCUT2D eigenvalue weighted by Crippen LogP contribution is 2.34. The summed E-state index contributed by atoms with van der Waals surface area (Å²) in [5.41, 5.74) is 1.88. The summed E-state index contributed by atoms with van der Waals surface area (Å²) >= 11 is 10.4. The smallest absolute Gasteiger partial charge is 0.325 e. The zero-order valence-electron chi connectivity index (χ0n) is 18.8. The number of hydrogen-bond donors (Lipinski definition) is 3. The number of methoxy groups -OCH3 is 1. The number of benzene rings is 2. The standard InChI is InChI=1S/C24H27ClN4O4S/c1-33-20-11-21(34)17(25)10-18(20)27-23(31)14-29-19-9-5-2-6-15(19)12-28(24(29)32)13-22(30)26-16-7-3-4-8-16/h2,5-6,9-11,16,34H,3-4,7-8,12-14H2,1H3,(H,26,30)(H,27,31). The number of amides is 4. The molecule has 0 aromatic heterocycles. The molecular weight excluding hydrogens is 476 g/mol. The van der Waals surface area contributed by atoms with E-state index in [1.54, 1.807) is 18.2 Å². The fourth-order valence-corrected chi connectivity index (χ4v) is 4.74. The Morgan fingerprint density at radius 2 is 1.88 bits per heavy atom. The number of carbonyl (C=O) groups excluding carboxylic acids is 3. The maximum atomic E-state index is 13.3. The molecule has 2 aliphatic rings. The Bertz CT molecular complexity index is 1110. The third kappa shape index (κ3) is 5.42. The molecule has 1 heterocycles. The number of carbonyl (C=O) groups is 3. The Morgan fingerprint density at radius 1 is 1.15 bits per heavy atom. The van der Waals surface area contributed by atoms with Gasteiger partial charge in [0.1, 0.15) is 18.8 Å². The summed E-state index contributed by atoms with van der Waals surface area (Å²) < 4.78 is 5.31. The minimum absolute atomic E-state index is 0.0609. The summed E-state index contributed by atoms with van der Waals surface area (Å²) in [6.45, 7) is 0.00661. The van der Waals surface area contributed by atoms with Crippen molar-refractivity contribution in [3.63, 3.8) is 0 Å². The van der Waals surface area contributed by atoms with Gasteiger partial charge in [-0.2, -0.15) is 0 Å². The molecule has 1 fully saturated rings. The number of anilines is 2. The lowest BCUT2D eigenvalue weighted by Crippen LogP contribution is -2.52. The molecule has 0 atom stereocenters. The van der Waals surface area contributed by atoms with Crippen molar-refractivity contribution in [1.82, 2.24) is 10.2 Å². The van der Waals surface area contributed by atoms with E-state index in [-0.39, 0.29) is 25.0 Å². The molecule has 34 heavy (non-hydrogen) atoms. The predicted octanol–water partition coefficient (Wildman–Crippen LogP) is 4.08. The SMILES string of the molecule is COc1cc(S)c(Cl)cc1NC(=O)CN1C(=O)N(CC(=O)NC2CCCC2)Cc2ccccc21. The molecule has 4 amide bonds. The van der Waals surface area contributed by atoms with E-state index in [0.29, 0.717) is 33.6 Å². The van der Waals surface area contributed by atoms with Crippen molar-refractivity contribution in [3.8, 4) is 5.75 Å². The van der Waals surface area contributed by atoms with Crippen LogP contribution in [0.25, 0.3) is 0 Å². The lowest BCUT2D eigenvalue weighted by Gasteiger charge is -2.36. The van der Waals surface area contributed by atoms with Crippen molar-refractivity contribution in [2.24, 2.45) is 0 Å². The van der Waals surface area contributed by atoms with E-state index in [9.17, 15) is 14.4 Å². The number of urea groups is 1. The van der Waals surface area contributed by atoms with E-state index in [1.165, 1.54) is 16.9 Å². The van der Waals surface area contributed by atoms with Gasteiger partial charge in [-0.3, -0.25) is 14.5 Å². The van der Waals surface area contributed by atoms with Gasteiger partial charge >= 0.3 is 6.03 Å². The second-order valence-corrected chi connectivity index (χ2v) is 9.34. The van der Waals surface area contributed by atoms with Gasteiger partial charge in [-0.05, 0) is 36.6 Å². The maximum absolute atomic E-state index is 13.3. The highest BCUT2D eigenvalue weighted by molar-refractivity contribution is 7.80. The molecule has 0 bridgehead atoms. The minimum atomic E-state index is -0.429. The first-order valence-electron chi connectivity index (χ1n) is 11.2. The predicted molar refractivity (Wildman–Crippen MR) is 134 cm³/mol. The van der Waals surface area contributed by atoms with E-state index in [1.807, 2.05) is 18.2 Å². The average molecular weight is 503 g/mol. The van der Waals surface area contributed by atoms with Gasteiger partial charge in [0, 0.05) is 10.9 Å². The molecular formula is C24H27ClN4O4S. The van der Waals surface area contributed by atoms with Gasteiger partial charge in [0.25, 0.3) is 0 Å². The molecule has 1 aliphatic carbocycles. The number of nitrogens with one attached hydrogen (secondary N) is 2. The number of fused-ring (bicyclic) bond motifs is 1. The largest absolute Gasteiger partial charge is 0.495 e. The van der Waals surface area contributed by atoms with Crippen LogP contribution in [0.15, 0.2) is 41.3 Å². The highest BCUT2D eigenvalue weighted by atomic mass is 35.5. The van der Waals surface area contributed by atoms with E-state index in [2.05, 4.69) is 23.3 Å². The molecule has 0 unspecified atom stereocenters. The summed E-state index contributed by atoms with van der Waals surface area (Å²) in [5.74, 6) is -0.213. The van der Waals surface area contributed by atoms with Crippen LogP contribution in [0.2, 0.25) is 5.02 Å². The molecule has 4 rings (SSSR count). The average Bonchev–Trinajstić information content (AvgIpc) is 3.31. The monoisotopic (exact) mass is 502 g/mol. The third-order valence-electron chi connectivity index (χ3n) is 6.04. The Morgan fingerprint density at radius 3 is 2.62 bits per heavy atom. The third-order valence-corrected chi connectivity index (χ3v) is 6.86. The first kappa shape index (κ1) is 24.2. The van der Waals surface area contributed by atoms with Crippen molar-refractivity contribution in [1.29, 1.82) is 0 Å². The molecule has 2 aromatic rings. The maximum Gasteiger partial charge on any atom is 0.325 e. The van der Waals surface area contributed by atoms with Gasteiger partial charge < -0.3 is 20.3 Å². The van der Waals surface area contributed by atoms with Gasteiger partial charge in [0.15, 0.2) is 0 Å². The molecule has 0 radical (unpaired) electrons. The first-order chi connectivity index (χ1) is 16.4. The molecule has 2 aromatic carbocycles. The Kier molecular flexibility index (Phi) is 7.53. The van der Waals surface area contributed by atoms with Crippen LogP contribution in [-0.4, -0.2) is 49.0 Å². The molecule has 10 heteroatoms. The number of hydrogen-bond acceptors (Lipinski definition) is 5.